The summed E-state index contributed by atoms with van der Waals surface area (Å²) in [7, 11) is 1.69. The van der Waals surface area contributed by atoms with E-state index in [2.05, 4.69) is 0 Å². The molecular formula is C9H16ClNO2. The van der Waals surface area contributed by atoms with Gasteiger partial charge in [-0.2, -0.15) is 0 Å². The number of hydrogen-bond acceptors (Lipinski definition) is 2. The average Bonchev–Trinajstić information content (AvgIpc) is 2.52. The molecule has 0 aliphatic carbocycles. The van der Waals surface area contributed by atoms with Crippen molar-refractivity contribution in [1.29, 1.82) is 0 Å². The predicted octanol–water partition coefficient (Wildman–Crippen LogP) is 1.11. The number of hydrogen-bond donors (Lipinski definition) is 0. The summed E-state index contributed by atoms with van der Waals surface area (Å²) in [5.74, 6) is 0.532. The molecule has 1 fully saturated rings. The van der Waals surface area contributed by atoms with Crippen molar-refractivity contribution in [2.75, 3.05) is 26.8 Å². The second-order valence-corrected chi connectivity index (χ2v) is 4.16. The maximum Gasteiger partial charge on any atom is 0.240 e. The first kappa shape index (κ1) is 10.8. The number of methoxy groups -OCH3 is 1. The Morgan fingerprint density at radius 2 is 2.46 bits per heavy atom. The Kier molecular flexibility index (Phi) is 4.00. The van der Waals surface area contributed by atoms with Crippen LogP contribution in [0.1, 0.15) is 13.3 Å². The molecule has 4 heteroatoms. The molecule has 0 aromatic rings. The van der Waals surface area contributed by atoms with Crippen molar-refractivity contribution in [3.05, 3.63) is 0 Å². The van der Waals surface area contributed by atoms with E-state index in [0.717, 1.165) is 26.1 Å². The van der Waals surface area contributed by atoms with Gasteiger partial charge in [-0.3, -0.25) is 4.79 Å². The van der Waals surface area contributed by atoms with Crippen molar-refractivity contribution < 1.29 is 9.53 Å². The summed E-state index contributed by atoms with van der Waals surface area (Å²) >= 11 is 5.71. The van der Waals surface area contributed by atoms with Gasteiger partial charge in [0.15, 0.2) is 0 Å². The number of amides is 1. The van der Waals surface area contributed by atoms with E-state index in [-0.39, 0.29) is 5.91 Å². The number of halogens is 1. The van der Waals surface area contributed by atoms with Gasteiger partial charge in [0, 0.05) is 26.1 Å². The highest BCUT2D eigenvalue weighted by molar-refractivity contribution is 6.30. The third-order valence-corrected chi connectivity index (χ3v) is 2.53. The summed E-state index contributed by atoms with van der Waals surface area (Å²) in [6.07, 6.45) is 1.03. The molecule has 0 unspecified atom stereocenters. The van der Waals surface area contributed by atoms with Crippen molar-refractivity contribution in [2.45, 2.75) is 18.7 Å². The highest BCUT2D eigenvalue weighted by Gasteiger charge is 2.27. The summed E-state index contributed by atoms with van der Waals surface area (Å²) in [6, 6.07) is 0. The first-order valence-corrected chi connectivity index (χ1v) is 5.00. The van der Waals surface area contributed by atoms with Crippen LogP contribution in [0.3, 0.4) is 0 Å². The van der Waals surface area contributed by atoms with Crippen LogP contribution in [0.5, 0.6) is 0 Å². The van der Waals surface area contributed by atoms with Crippen LogP contribution in [-0.2, 0) is 9.53 Å². The molecule has 0 radical (unpaired) electrons. The van der Waals surface area contributed by atoms with E-state index >= 15 is 0 Å². The van der Waals surface area contributed by atoms with E-state index in [0.29, 0.717) is 5.92 Å². The maximum absolute atomic E-state index is 11.4. The van der Waals surface area contributed by atoms with Gasteiger partial charge in [0.2, 0.25) is 5.91 Å². The minimum Gasteiger partial charge on any atom is -0.384 e. The molecule has 1 amide bonds. The number of alkyl halides is 1. The zero-order valence-electron chi connectivity index (χ0n) is 8.12. The molecular weight excluding hydrogens is 190 g/mol. The van der Waals surface area contributed by atoms with Crippen LogP contribution in [0.2, 0.25) is 0 Å². The number of carbonyl (C=O) groups excluding carboxylic acids is 1. The molecule has 13 heavy (non-hydrogen) atoms. The molecule has 1 aliphatic heterocycles. The van der Waals surface area contributed by atoms with Crippen molar-refractivity contribution in [2.24, 2.45) is 5.92 Å². The Balaban J connectivity index is 2.36. The van der Waals surface area contributed by atoms with E-state index in [9.17, 15) is 4.79 Å². The summed E-state index contributed by atoms with van der Waals surface area (Å²) in [5, 5.41) is -0.402. The molecule has 1 aliphatic rings. The fourth-order valence-electron chi connectivity index (χ4n) is 1.66. The lowest BCUT2D eigenvalue weighted by Gasteiger charge is -2.17. The van der Waals surface area contributed by atoms with Gasteiger partial charge in [-0.15, -0.1) is 11.6 Å². The van der Waals surface area contributed by atoms with Crippen molar-refractivity contribution in [3.8, 4) is 0 Å². The van der Waals surface area contributed by atoms with Crippen molar-refractivity contribution in [3.63, 3.8) is 0 Å². The van der Waals surface area contributed by atoms with Crippen molar-refractivity contribution in [1.82, 2.24) is 4.90 Å². The smallest absolute Gasteiger partial charge is 0.240 e. The minimum absolute atomic E-state index is 0.0419. The number of likely N-dealkylation sites (tertiary alicyclic amines) is 1. The van der Waals surface area contributed by atoms with Gasteiger partial charge in [-0.1, -0.05) is 0 Å². The Labute approximate surface area is 84.0 Å². The quantitative estimate of drug-likeness (QED) is 0.646. The topological polar surface area (TPSA) is 29.5 Å². The molecule has 0 N–H and O–H groups in total. The maximum atomic E-state index is 11.4. The van der Waals surface area contributed by atoms with E-state index in [1.54, 1.807) is 14.0 Å². The van der Waals surface area contributed by atoms with Crippen LogP contribution in [0.15, 0.2) is 0 Å². The molecule has 0 aromatic carbocycles. The van der Waals surface area contributed by atoms with Gasteiger partial charge < -0.3 is 9.64 Å². The standard InChI is InChI=1S/C9H16ClNO2/c1-7(10)9(12)11-4-3-8(5-11)6-13-2/h7-8H,3-6H2,1-2H3/t7-,8+/m0/s1. The van der Waals surface area contributed by atoms with Gasteiger partial charge in [0.25, 0.3) is 0 Å². The zero-order chi connectivity index (χ0) is 9.84. The lowest BCUT2D eigenvalue weighted by Crippen LogP contribution is -2.34. The first-order chi connectivity index (χ1) is 6.15. The molecule has 0 aromatic heterocycles. The zero-order valence-corrected chi connectivity index (χ0v) is 8.88. The largest absolute Gasteiger partial charge is 0.384 e. The lowest BCUT2D eigenvalue weighted by molar-refractivity contribution is -0.129. The molecule has 3 nitrogen and oxygen atoms in total. The van der Waals surface area contributed by atoms with Crippen LogP contribution in [-0.4, -0.2) is 43.0 Å². The first-order valence-electron chi connectivity index (χ1n) is 4.57. The Bertz CT molecular complexity index is 184. The Morgan fingerprint density at radius 3 is 3.00 bits per heavy atom. The third kappa shape index (κ3) is 2.85. The highest BCUT2D eigenvalue weighted by atomic mass is 35.5. The number of rotatable bonds is 3. The fourth-order valence-corrected chi connectivity index (χ4v) is 1.79. The number of nitrogens with zero attached hydrogens (tertiary/aromatic N) is 1. The molecule has 0 bridgehead atoms. The van der Waals surface area contributed by atoms with Crippen LogP contribution >= 0.6 is 11.6 Å². The van der Waals surface area contributed by atoms with E-state index in [1.807, 2.05) is 4.90 Å². The predicted molar refractivity (Wildman–Crippen MR) is 51.9 cm³/mol. The van der Waals surface area contributed by atoms with Gasteiger partial charge >= 0.3 is 0 Å². The van der Waals surface area contributed by atoms with E-state index in [1.165, 1.54) is 0 Å². The van der Waals surface area contributed by atoms with Crippen LogP contribution in [0.4, 0.5) is 0 Å². The van der Waals surface area contributed by atoms with Crippen LogP contribution in [0, 0.1) is 5.92 Å². The minimum atomic E-state index is -0.402. The second kappa shape index (κ2) is 4.82. The molecule has 1 heterocycles. The SMILES string of the molecule is COC[C@@H]1CCN(C(=O)[C@H](C)Cl)C1. The summed E-state index contributed by atoms with van der Waals surface area (Å²) in [5.41, 5.74) is 0. The molecule has 0 saturated carbocycles. The third-order valence-electron chi connectivity index (χ3n) is 2.34. The number of ether oxygens (including phenoxy) is 1. The van der Waals surface area contributed by atoms with E-state index in [4.69, 9.17) is 16.3 Å². The number of carbonyl (C=O) groups is 1. The monoisotopic (exact) mass is 205 g/mol. The molecule has 1 rings (SSSR count). The highest BCUT2D eigenvalue weighted by Crippen LogP contribution is 2.18. The fraction of sp³-hybridized carbons (Fsp3) is 0.889. The lowest BCUT2D eigenvalue weighted by atomic mass is 10.1. The van der Waals surface area contributed by atoms with Crippen molar-refractivity contribution >= 4 is 17.5 Å². The van der Waals surface area contributed by atoms with Gasteiger partial charge in [-0.25, -0.2) is 0 Å². The summed E-state index contributed by atoms with van der Waals surface area (Å²) < 4.78 is 5.04. The average molecular weight is 206 g/mol. The van der Waals surface area contributed by atoms with Gasteiger partial charge in [0.1, 0.15) is 5.38 Å². The van der Waals surface area contributed by atoms with Crippen LogP contribution < -0.4 is 0 Å². The summed E-state index contributed by atoms with van der Waals surface area (Å²) in [6.45, 7) is 4.07. The Morgan fingerprint density at radius 1 is 1.77 bits per heavy atom. The molecule has 2 atom stereocenters. The molecule has 76 valence electrons. The Hall–Kier alpha value is -0.280. The van der Waals surface area contributed by atoms with Crippen LogP contribution in [0.25, 0.3) is 0 Å². The molecule has 1 saturated heterocycles. The van der Waals surface area contributed by atoms with Gasteiger partial charge in [0.05, 0.1) is 6.61 Å². The second-order valence-electron chi connectivity index (χ2n) is 3.51. The summed E-state index contributed by atoms with van der Waals surface area (Å²) in [4.78, 5) is 13.3. The normalized spacial score (nSPS) is 24.8. The van der Waals surface area contributed by atoms with E-state index < -0.39 is 5.38 Å². The van der Waals surface area contributed by atoms with Gasteiger partial charge in [-0.05, 0) is 13.3 Å². The molecule has 0 spiro atoms.